The lowest BCUT2D eigenvalue weighted by Crippen LogP contribution is -2.13. The van der Waals surface area contributed by atoms with Crippen molar-refractivity contribution in [3.05, 3.63) is 52.0 Å². The lowest BCUT2D eigenvalue weighted by atomic mass is 10.2. The second kappa shape index (κ2) is 6.94. The van der Waals surface area contributed by atoms with E-state index < -0.39 is 0 Å². The van der Waals surface area contributed by atoms with E-state index in [2.05, 4.69) is 17.2 Å². The zero-order valence-electron chi connectivity index (χ0n) is 10.9. The fourth-order valence-corrected chi connectivity index (χ4v) is 2.21. The van der Waals surface area contributed by atoms with Gasteiger partial charge in [0.05, 0.1) is 18.6 Å². The third-order valence-electron chi connectivity index (χ3n) is 2.78. The molecule has 0 aliphatic carbocycles. The van der Waals surface area contributed by atoms with E-state index in [1.807, 2.05) is 29.2 Å². The Morgan fingerprint density at radius 3 is 2.95 bits per heavy atom. The van der Waals surface area contributed by atoms with Crippen molar-refractivity contribution in [1.82, 2.24) is 14.9 Å². The Hall–Kier alpha value is -1.03. The lowest BCUT2D eigenvalue weighted by Gasteiger charge is -2.05. The summed E-state index contributed by atoms with van der Waals surface area (Å²) in [4.78, 5) is 4.36. The molecule has 3 nitrogen and oxygen atoms in total. The minimum Gasteiger partial charge on any atom is -0.333 e. The number of halogens is 2. The summed E-state index contributed by atoms with van der Waals surface area (Å²) in [5.41, 5.74) is 2.03. The molecular formula is C14H17Cl2N3. The number of nitrogens with one attached hydrogen (secondary N) is 1. The summed E-state index contributed by atoms with van der Waals surface area (Å²) in [5.74, 6) is 0. The predicted molar refractivity (Wildman–Crippen MR) is 79.8 cm³/mol. The molecule has 0 fully saturated rings. The van der Waals surface area contributed by atoms with Crippen LogP contribution in [0, 0.1) is 0 Å². The SMILES string of the molecule is CCCNCc1cn(Cc2cc(Cl)ccc2Cl)cn1. The first-order chi connectivity index (χ1) is 9.19. The van der Waals surface area contributed by atoms with Crippen LogP contribution < -0.4 is 5.32 Å². The molecule has 1 aromatic carbocycles. The molecule has 5 heteroatoms. The molecule has 1 aromatic heterocycles. The van der Waals surface area contributed by atoms with Gasteiger partial charge in [-0.3, -0.25) is 0 Å². The van der Waals surface area contributed by atoms with Gasteiger partial charge in [0.2, 0.25) is 0 Å². The molecule has 1 N–H and O–H groups in total. The fourth-order valence-electron chi connectivity index (χ4n) is 1.84. The lowest BCUT2D eigenvalue weighted by molar-refractivity contribution is 0.665. The molecule has 0 radical (unpaired) electrons. The van der Waals surface area contributed by atoms with E-state index in [1.54, 1.807) is 6.07 Å². The van der Waals surface area contributed by atoms with E-state index in [0.717, 1.165) is 35.8 Å². The summed E-state index contributed by atoms with van der Waals surface area (Å²) in [6.45, 7) is 4.63. The molecule has 0 unspecified atom stereocenters. The molecule has 19 heavy (non-hydrogen) atoms. The topological polar surface area (TPSA) is 29.9 Å². The number of rotatable bonds is 6. The Morgan fingerprint density at radius 2 is 2.16 bits per heavy atom. The van der Waals surface area contributed by atoms with Crippen LogP contribution in [0.25, 0.3) is 0 Å². The molecule has 0 amide bonds. The molecule has 1 heterocycles. The van der Waals surface area contributed by atoms with E-state index in [0.29, 0.717) is 11.6 Å². The smallest absolute Gasteiger partial charge is 0.0953 e. The van der Waals surface area contributed by atoms with Crippen molar-refractivity contribution in [2.75, 3.05) is 6.54 Å². The zero-order valence-corrected chi connectivity index (χ0v) is 12.4. The normalized spacial score (nSPS) is 10.9. The van der Waals surface area contributed by atoms with Crippen LogP contribution in [0.5, 0.6) is 0 Å². The molecule has 0 saturated carbocycles. The first-order valence-electron chi connectivity index (χ1n) is 6.34. The number of hydrogen-bond donors (Lipinski definition) is 1. The maximum Gasteiger partial charge on any atom is 0.0953 e. The number of aromatic nitrogens is 2. The minimum atomic E-state index is 0.681. The fraction of sp³-hybridized carbons (Fsp3) is 0.357. The molecule has 0 aliphatic rings. The molecule has 0 saturated heterocycles. The Balaban J connectivity index is 2.01. The molecular weight excluding hydrogens is 281 g/mol. The van der Waals surface area contributed by atoms with Gasteiger partial charge in [-0.25, -0.2) is 4.98 Å². The largest absolute Gasteiger partial charge is 0.333 e. The van der Waals surface area contributed by atoms with Crippen molar-refractivity contribution in [2.45, 2.75) is 26.4 Å². The average Bonchev–Trinajstić information content (AvgIpc) is 2.82. The maximum atomic E-state index is 6.15. The van der Waals surface area contributed by atoms with Gasteiger partial charge in [-0.05, 0) is 36.7 Å². The van der Waals surface area contributed by atoms with Crippen LogP contribution in [-0.4, -0.2) is 16.1 Å². The molecule has 0 atom stereocenters. The van der Waals surface area contributed by atoms with Gasteiger partial charge < -0.3 is 9.88 Å². The van der Waals surface area contributed by atoms with E-state index in [9.17, 15) is 0 Å². The monoisotopic (exact) mass is 297 g/mol. The van der Waals surface area contributed by atoms with Gasteiger partial charge in [-0.1, -0.05) is 30.1 Å². The second-order valence-electron chi connectivity index (χ2n) is 4.45. The van der Waals surface area contributed by atoms with Gasteiger partial charge in [0, 0.05) is 22.8 Å². The number of nitrogens with zero attached hydrogens (tertiary/aromatic N) is 2. The molecule has 102 valence electrons. The van der Waals surface area contributed by atoms with Crippen molar-refractivity contribution < 1.29 is 0 Å². The van der Waals surface area contributed by atoms with E-state index >= 15 is 0 Å². The summed E-state index contributed by atoms with van der Waals surface area (Å²) < 4.78 is 2.01. The van der Waals surface area contributed by atoms with Crippen molar-refractivity contribution in [3.8, 4) is 0 Å². The van der Waals surface area contributed by atoms with Crippen LogP contribution in [0.1, 0.15) is 24.6 Å². The van der Waals surface area contributed by atoms with E-state index in [-0.39, 0.29) is 0 Å². The molecule has 0 aliphatic heterocycles. The average molecular weight is 298 g/mol. The van der Waals surface area contributed by atoms with Gasteiger partial charge in [-0.15, -0.1) is 0 Å². The molecule has 0 spiro atoms. The first-order valence-corrected chi connectivity index (χ1v) is 7.10. The van der Waals surface area contributed by atoms with Gasteiger partial charge in [0.25, 0.3) is 0 Å². The minimum absolute atomic E-state index is 0.681. The van der Waals surface area contributed by atoms with Crippen molar-refractivity contribution in [2.24, 2.45) is 0 Å². The van der Waals surface area contributed by atoms with Crippen LogP contribution in [0.2, 0.25) is 10.0 Å². The van der Waals surface area contributed by atoms with Crippen molar-refractivity contribution in [3.63, 3.8) is 0 Å². The van der Waals surface area contributed by atoms with Crippen molar-refractivity contribution >= 4 is 23.2 Å². The number of benzene rings is 1. The van der Waals surface area contributed by atoms with Gasteiger partial charge in [-0.2, -0.15) is 0 Å². The van der Waals surface area contributed by atoms with Crippen molar-refractivity contribution in [1.29, 1.82) is 0 Å². The highest BCUT2D eigenvalue weighted by molar-refractivity contribution is 6.33. The van der Waals surface area contributed by atoms with Crippen LogP contribution in [0.3, 0.4) is 0 Å². The Bertz CT molecular complexity index is 537. The third-order valence-corrected chi connectivity index (χ3v) is 3.38. The molecule has 0 bridgehead atoms. The first kappa shape index (κ1) is 14.4. The van der Waals surface area contributed by atoms with Crippen LogP contribution in [0.4, 0.5) is 0 Å². The Kier molecular flexibility index (Phi) is 5.25. The highest BCUT2D eigenvalue weighted by Crippen LogP contribution is 2.21. The number of imidazole rings is 1. The summed E-state index contributed by atoms with van der Waals surface area (Å²) in [6.07, 6.45) is 4.97. The van der Waals surface area contributed by atoms with Gasteiger partial charge in [0.15, 0.2) is 0 Å². The Morgan fingerprint density at radius 1 is 1.32 bits per heavy atom. The van der Waals surface area contributed by atoms with Crippen LogP contribution in [0.15, 0.2) is 30.7 Å². The molecule has 2 rings (SSSR count). The summed E-state index contributed by atoms with van der Waals surface area (Å²) in [7, 11) is 0. The van der Waals surface area contributed by atoms with E-state index in [4.69, 9.17) is 23.2 Å². The maximum absolute atomic E-state index is 6.15. The van der Waals surface area contributed by atoms with Crippen LogP contribution in [-0.2, 0) is 13.1 Å². The zero-order chi connectivity index (χ0) is 13.7. The standard InChI is InChI=1S/C14H17Cl2N3/c1-2-5-17-7-13-9-19(10-18-13)8-11-6-12(15)3-4-14(11)16/h3-4,6,9-10,17H,2,5,7-8H2,1H3. The van der Waals surface area contributed by atoms with Gasteiger partial charge in [0.1, 0.15) is 0 Å². The van der Waals surface area contributed by atoms with Crippen LogP contribution >= 0.6 is 23.2 Å². The Labute approximate surface area is 123 Å². The summed E-state index contributed by atoms with van der Waals surface area (Å²) in [5, 5.41) is 4.75. The molecule has 2 aromatic rings. The third kappa shape index (κ3) is 4.23. The highest BCUT2D eigenvalue weighted by Gasteiger charge is 2.04. The number of hydrogen-bond acceptors (Lipinski definition) is 2. The predicted octanol–water partition coefficient (Wildman–Crippen LogP) is 3.74. The quantitative estimate of drug-likeness (QED) is 0.823. The van der Waals surface area contributed by atoms with E-state index in [1.165, 1.54) is 0 Å². The summed E-state index contributed by atoms with van der Waals surface area (Å²) >= 11 is 12.1. The summed E-state index contributed by atoms with van der Waals surface area (Å²) in [6, 6.07) is 5.50. The highest BCUT2D eigenvalue weighted by atomic mass is 35.5. The van der Waals surface area contributed by atoms with Gasteiger partial charge >= 0.3 is 0 Å². The second-order valence-corrected chi connectivity index (χ2v) is 5.29.